The molecule has 0 radical (unpaired) electrons. The van der Waals surface area contributed by atoms with E-state index in [1.165, 1.54) is 24.3 Å². The fourth-order valence-corrected chi connectivity index (χ4v) is 3.32. The highest BCUT2D eigenvalue weighted by Crippen LogP contribution is 2.29. The largest absolute Gasteiger partial charge is 0.481 e. The standard InChI is InChI=1S/C21H18BrN3O7/c22-13-6-10-15(11-7-13)32-14-8-4-12(5-9-14)21(18(29)23-20(31)24-19(21)30)25-16(26)2-1-3-17(27)28/h4-11H,1-3H2,(H,25,26)(H,27,28)(H2,23,24,29,30,31). The van der Waals surface area contributed by atoms with Gasteiger partial charge in [-0.25, -0.2) is 4.79 Å². The smallest absolute Gasteiger partial charge is 0.328 e. The van der Waals surface area contributed by atoms with Gasteiger partial charge in [-0.05, 0) is 48.4 Å². The number of amides is 5. The van der Waals surface area contributed by atoms with Crippen molar-refractivity contribution in [3.63, 3.8) is 0 Å². The number of barbiturate groups is 1. The summed E-state index contributed by atoms with van der Waals surface area (Å²) in [4.78, 5) is 60.1. The van der Waals surface area contributed by atoms with Crippen molar-refractivity contribution >= 4 is 45.7 Å². The van der Waals surface area contributed by atoms with Crippen LogP contribution in [0.2, 0.25) is 0 Å². The number of hydrogen-bond donors (Lipinski definition) is 4. The maximum Gasteiger partial charge on any atom is 0.328 e. The maximum absolute atomic E-state index is 12.7. The Hall–Kier alpha value is -3.73. The SMILES string of the molecule is O=C(O)CCCC(=O)NC1(c2ccc(Oc3ccc(Br)cc3)cc2)C(=O)NC(=O)NC1=O. The van der Waals surface area contributed by atoms with Crippen molar-refractivity contribution in [3.05, 3.63) is 58.6 Å². The monoisotopic (exact) mass is 503 g/mol. The third kappa shape index (κ3) is 5.11. The number of carbonyl (C=O) groups excluding carboxylic acids is 4. The molecule has 2 aromatic rings. The first-order chi connectivity index (χ1) is 15.2. The predicted molar refractivity (Wildman–Crippen MR) is 114 cm³/mol. The zero-order valence-corrected chi connectivity index (χ0v) is 18.1. The van der Waals surface area contributed by atoms with Gasteiger partial charge in [-0.2, -0.15) is 0 Å². The van der Waals surface area contributed by atoms with Crippen LogP contribution in [0.3, 0.4) is 0 Å². The zero-order chi connectivity index (χ0) is 23.3. The molecule has 0 unspecified atom stereocenters. The van der Waals surface area contributed by atoms with E-state index in [0.29, 0.717) is 11.5 Å². The summed E-state index contributed by atoms with van der Waals surface area (Å²) < 4.78 is 6.60. The third-order valence-electron chi connectivity index (χ3n) is 4.59. The molecule has 1 aliphatic rings. The lowest BCUT2D eigenvalue weighted by atomic mass is 9.86. The molecule has 32 heavy (non-hydrogen) atoms. The van der Waals surface area contributed by atoms with Crippen LogP contribution in [-0.4, -0.2) is 34.8 Å². The summed E-state index contributed by atoms with van der Waals surface area (Å²) in [6, 6.07) is 11.9. The van der Waals surface area contributed by atoms with Crippen molar-refractivity contribution in [3.8, 4) is 11.5 Å². The summed E-state index contributed by atoms with van der Waals surface area (Å²) in [7, 11) is 0. The summed E-state index contributed by atoms with van der Waals surface area (Å²) >= 11 is 3.33. The Morgan fingerprint density at radius 2 is 1.44 bits per heavy atom. The van der Waals surface area contributed by atoms with Crippen LogP contribution in [-0.2, 0) is 24.7 Å². The molecule has 10 nitrogen and oxygen atoms in total. The summed E-state index contributed by atoms with van der Waals surface area (Å²) in [5, 5.41) is 15.1. The van der Waals surface area contributed by atoms with Gasteiger partial charge in [0.05, 0.1) is 0 Å². The minimum absolute atomic E-state index is 0.0133. The van der Waals surface area contributed by atoms with E-state index in [1.807, 2.05) is 10.6 Å². The number of aliphatic carboxylic acids is 1. The lowest BCUT2D eigenvalue weighted by Crippen LogP contribution is -2.71. The summed E-state index contributed by atoms with van der Waals surface area (Å²) in [5.41, 5.74) is -2.11. The number of rotatable bonds is 8. The van der Waals surface area contributed by atoms with Gasteiger partial charge in [-0.3, -0.25) is 29.8 Å². The van der Waals surface area contributed by atoms with E-state index in [1.54, 1.807) is 24.3 Å². The fraction of sp³-hybridized carbons (Fsp3) is 0.190. The highest BCUT2D eigenvalue weighted by atomic mass is 79.9. The second-order valence-electron chi connectivity index (χ2n) is 6.86. The van der Waals surface area contributed by atoms with Crippen molar-refractivity contribution in [2.45, 2.75) is 24.8 Å². The number of carbonyl (C=O) groups is 5. The van der Waals surface area contributed by atoms with Gasteiger partial charge >= 0.3 is 12.0 Å². The Balaban J connectivity index is 1.86. The molecule has 0 spiro atoms. The van der Waals surface area contributed by atoms with E-state index in [9.17, 15) is 24.0 Å². The van der Waals surface area contributed by atoms with E-state index in [0.717, 1.165) is 4.47 Å². The highest BCUT2D eigenvalue weighted by molar-refractivity contribution is 9.10. The molecule has 166 valence electrons. The van der Waals surface area contributed by atoms with E-state index < -0.39 is 35.3 Å². The van der Waals surface area contributed by atoms with Gasteiger partial charge < -0.3 is 15.2 Å². The average Bonchev–Trinajstić information content (AvgIpc) is 2.73. The first-order valence-electron chi connectivity index (χ1n) is 9.44. The molecule has 11 heteroatoms. The van der Waals surface area contributed by atoms with E-state index in [2.05, 4.69) is 21.2 Å². The van der Waals surface area contributed by atoms with E-state index in [-0.39, 0.29) is 24.8 Å². The molecule has 3 rings (SSSR count). The number of ether oxygens (including phenoxy) is 1. The van der Waals surface area contributed by atoms with Gasteiger partial charge in [0.25, 0.3) is 11.8 Å². The first kappa shape index (κ1) is 22.9. The number of urea groups is 1. The van der Waals surface area contributed by atoms with Gasteiger partial charge in [-0.1, -0.05) is 28.1 Å². The second kappa shape index (κ2) is 9.60. The second-order valence-corrected chi connectivity index (χ2v) is 7.78. The molecule has 1 fully saturated rings. The Morgan fingerprint density at radius 3 is 1.97 bits per heavy atom. The average molecular weight is 504 g/mol. The molecule has 5 amide bonds. The van der Waals surface area contributed by atoms with E-state index in [4.69, 9.17) is 9.84 Å². The number of carboxylic acid groups (broad SMARTS) is 1. The van der Waals surface area contributed by atoms with Crippen LogP contribution in [0.5, 0.6) is 11.5 Å². The molecule has 0 saturated carbocycles. The van der Waals surface area contributed by atoms with Gasteiger partial charge in [0.2, 0.25) is 11.4 Å². The minimum atomic E-state index is -2.20. The summed E-state index contributed by atoms with van der Waals surface area (Å²) in [5.74, 6) is -2.89. The van der Waals surface area contributed by atoms with Crippen molar-refractivity contribution in [2.24, 2.45) is 0 Å². The molecule has 0 aliphatic carbocycles. The molecular weight excluding hydrogens is 486 g/mol. The van der Waals surface area contributed by atoms with E-state index >= 15 is 0 Å². The summed E-state index contributed by atoms with van der Waals surface area (Å²) in [6.45, 7) is 0. The van der Waals surface area contributed by atoms with Crippen LogP contribution in [0, 0.1) is 0 Å². The minimum Gasteiger partial charge on any atom is -0.481 e. The van der Waals surface area contributed by atoms with Crippen LogP contribution in [0.1, 0.15) is 24.8 Å². The number of hydrogen-bond acceptors (Lipinski definition) is 6. The number of nitrogens with one attached hydrogen (secondary N) is 3. The Morgan fingerprint density at radius 1 is 0.906 bits per heavy atom. The Labute approximate surface area is 190 Å². The third-order valence-corrected chi connectivity index (χ3v) is 5.12. The van der Waals surface area contributed by atoms with Crippen LogP contribution in [0.4, 0.5) is 4.79 Å². The number of carboxylic acids is 1. The molecule has 0 aromatic heterocycles. The molecule has 0 atom stereocenters. The van der Waals surface area contributed by atoms with Crippen LogP contribution in [0.15, 0.2) is 53.0 Å². The molecule has 0 bridgehead atoms. The molecule has 1 heterocycles. The molecule has 1 aliphatic heterocycles. The van der Waals surface area contributed by atoms with Gasteiger partial charge in [0.1, 0.15) is 11.5 Å². The van der Waals surface area contributed by atoms with Crippen LogP contribution < -0.4 is 20.7 Å². The van der Waals surface area contributed by atoms with Crippen molar-refractivity contribution in [2.75, 3.05) is 0 Å². The first-order valence-corrected chi connectivity index (χ1v) is 10.2. The fourth-order valence-electron chi connectivity index (χ4n) is 3.06. The Kier molecular flexibility index (Phi) is 6.89. The number of imide groups is 2. The van der Waals surface area contributed by atoms with Gasteiger partial charge in [0, 0.05) is 17.3 Å². The van der Waals surface area contributed by atoms with Gasteiger partial charge in [-0.15, -0.1) is 0 Å². The molecule has 1 saturated heterocycles. The topological polar surface area (TPSA) is 151 Å². The highest BCUT2D eigenvalue weighted by Gasteiger charge is 2.53. The predicted octanol–water partition coefficient (Wildman–Crippen LogP) is 2.17. The molecule has 2 aromatic carbocycles. The normalized spacial score (nSPS) is 14.8. The van der Waals surface area contributed by atoms with Crippen molar-refractivity contribution in [1.82, 2.24) is 16.0 Å². The Bertz CT molecular complexity index is 1050. The lowest BCUT2D eigenvalue weighted by Gasteiger charge is -2.35. The molecule has 4 N–H and O–H groups in total. The lowest BCUT2D eigenvalue weighted by molar-refractivity contribution is -0.145. The van der Waals surface area contributed by atoms with Gasteiger partial charge in [0.15, 0.2) is 0 Å². The maximum atomic E-state index is 12.7. The zero-order valence-electron chi connectivity index (χ0n) is 16.5. The van der Waals surface area contributed by atoms with Crippen molar-refractivity contribution < 1.29 is 33.8 Å². The molecular formula is C21H18BrN3O7. The quantitative estimate of drug-likeness (QED) is 0.403. The number of benzene rings is 2. The van der Waals surface area contributed by atoms with Crippen LogP contribution >= 0.6 is 15.9 Å². The van der Waals surface area contributed by atoms with Crippen LogP contribution in [0.25, 0.3) is 0 Å². The van der Waals surface area contributed by atoms with Crippen molar-refractivity contribution in [1.29, 1.82) is 0 Å². The summed E-state index contributed by atoms with van der Waals surface area (Å²) in [6.07, 6.45) is -0.466. The number of halogens is 1.